The molecule has 202 valence electrons. The van der Waals surface area contributed by atoms with Crippen LogP contribution in [0.15, 0.2) is 103 Å². The molecule has 40 heavy (non-hydrogen) atoms. The van der Waals surface area contributed by atoms with E-state index in [1.165, 1.54) is 16.7 Å². The summed E-state index contributed by atoms with van der Waals surface area (Å²) in [5.74, 6) is 0.266. The van der Waals surface area contributed by atoms with E-state index in [-0.39, 0.29) is 18.4 Å². The SMILES string of the molecule is COc1ccc(C(C(=O)NCc2ccccc2)N(C(=O)Cn2nnc3ccccc32)c2ccccc2)c(OC)c1. The summed E-state index contributed by atoms with van der Waals surface area (Å²) < 4.78 is 12.6. The average molecular weight is 536 g/mol. The Bertz CT molecular complexity index is 1600. The lowest BCUT2D eigenvalue weighted by Gasteiger charge is -2.32. The zero-order valence-electron chi connectivity index (χ0n) is 22.2. The number of fused-ring (bicyclic) bond motifs is 1. The second kappa shape index (κ2) is 12.1. The molecule has 1 heterocycles. The molecule has 0 aliphatic heterocycles. The third-order valence-corrected chi connectivity index (χ3v) is 6.56. The second-order valence-corrected chi connectivity index (χ2v) is 9.05. The molecule has 4 aromatic carbocycles. The summed E-state index contributed by atoms with van der Waals surface area (Å²) in [7, 11) is 3.08. The number of methoxy groups -OCH3 is 2. The molecule has 1 aromatic heterocycles. The van der Waals surface area contributed by atoms with Crippen LogP contribution in [0.2, 0.25) is 0 Å². The topological polar surface area (TPSA) is 98.6 Å². The Morgan fingerprint density at radius 2 is 1.57 bits per heavy atom. The Labute approximate surface area is 231 Å². The molecule has 5 aromatic rings. The summed E-state index contributed by atoms with van der Waals surface area (Å²) >= 11 is 0. The highest BCUT2D eigenvalue weighted by Crippen LogP contribution is 2.36. The minimum Gasteiger partial charge on any atom is -0.497 e. The van der Waals surface area contributed by atoms with Gasteiger partial charge in [0.05, 0.1) is 19.7 Å². The lowest BCUT2D eigenvalue weighted by atomic mass is 10.0. The van der Waals surface area contributed by atoms with Gasteiger partial charge in [-0.3, -0.25) is 14.5 Å². The maximum atomic E-state index is 14.2. The summed E-state index contributed by atoms with van der Waals surface area (Å²) in [5, 5.41) is 11.4. The molecule has 0 aliphatic rings. The zero-order valence-corrected chi connectivity index (χ0v) is 22.2. The number of para-hydroxylation sites is 2. The van der Waals surface area contributed by atoms with Crippen molar-refractivity contribution in [3.05, 3.63) is 114 Å². The van der Waals surface area contributed by atoms with E-state index in [0.717, 1.165) is 11.1 Å². The third kappa shape index (κ3) is 5.63. The molecular weight excluding hydrogens is 506 g/mol. The monoisotopic (exact) mass is 535 g/mol. The Morgan fingerprint density at radius 1 is 0.875 bits per heavy atom. The van der Waals surface area contributed by atoms with Gasteiger partial charge in [0.25, 0.3) is 0 Å². The molecule has 0 spiro atoms. The van der Waals surface area contributed by atoms with E-state index in [0.29, 0.717) is 34.8 Å². The fourth-order valence-electron chi connectivity index (χ4n) is 4.59. The number of ether oxygens (including phenoxy) is 2. The van der Waals surface area contributed by atoms with Crippen LogP contribution in [0.4, 0.5) is 5.69 Å². The highest BCUT2D eigenvalue weighted by molar-refractivity contribution is 6.02. The van der Waals surface area contributed by atoms with Gasteiger partial charge in [0, 0.05) is 23.9 Å². The van der Waals surface area contributed by atoms with Gasteiger partial charge in [-0.05, 0) is 42.0 Å². The van der Waals surface area contributed by atoms with Crippen molar-refractivity contribution in [2.45, 2.75) is 19.1 Å². The number of rotatable bonds is 10. The molecule has 0 saturated carbocycles. The van der Waals surface area contributed by atoms with E-state index in [1.807, 2.05) is 72.8 Å². The van der Waals surface area contributed by atoms with Crippen molar-refractivity contribution in [1.82, 2.24) is 20.3 Å². The number of anilines is 1. The van der Waals surface area contributed by atoms with Crippen LogP contribution in [-0.2, 0) is 22.7 Å². The molecule has 2 amide bonds. The van der Waals surface area contributed by atoms with E-state index in [2.05, 4.69) is 15.6 Å². The molecule has 0 bridgehead atoms. The lowest BCUT2D eigenvalue weighted by molar-refractivity contribution is -0.127. The number of nitrogens with one attached hydrogen (secondary N) is 1. The molecule has 0 aliphatic carbocycles. The first-order chi connectivity index (χ1) is 19.6. The Balaban J connectivity index is 1.59. The predicted octanol–water partition coefficient (Wildman–Crippen LogP) is 4.54. The van der Waals surface area contributed by atoms with Crippen LogP contribution < -0.4 is 19.7 Å². The standard InChI is InChI=1S/C31H29N5O4/c1-39-24-17-18-25(28(19-24)40-2)30(31(38)32-20-22-11-5-3-6-12-22)36(23-13-7-4-8-14-23)29(37)21-35-27-16-10-9-15-26(27)33-34-35/h3-19,30H,20-21H2,1-2H3,(H,32,38). The largest absolute Gasteiger partial charge is 0.497 e. The maximum absolute atomic E-state index is 14.2. The van der Waals surface area contributed by atoms with Gasteiger partial charge in [0.1, 0.15) is 29.6 Å². The van der Waals surface area contributed by atoms with Gasteiger partial charge >= 0.3 is 0 Å². The fourth-order valence-corrected chi connectivity index (χ4v) is 4.59. The number of amides is 2. The van der Waals surface area contributed by atoms with E-state index in [1.54, 1.807) is 37.4 Å². The first kappa shape index (κ1) is 26.4. The predicted molar refractivity (Wildman–Crippen MR) is 152 cm³/mol. The Morgan fingerprint density at radius 3 is 2.30 bits per heavy atom. The van der Waals surface area contributed by atoms with Gasteiger partial charge in [-0.2, -0.15) is 0 Å². The Kier molecular flexibility index (Phi) is 8.01. The number of hydrogen-bond acceptors (Lipinski definition) is 6. The van der Waals surface area contributed by atoms with Crippen molar-refractivity contribution < 1.29 is 19.1 Å². The Hall–Kier alpha value is -5.18. The van der Waals surface area contributed by atoms with Crippen LogP contribution in [0.3, 0.4) is 0 Å². The van der Waals surface area contributed by atoms with Crippen LogP contribution in [-0.4, -0.2) is 41.0 Å². The maximum Gasteiger partial charge on any atom is 0.249 e. The number of carbonyl (C=O) groups is 2. The number of benzene rings is 4. The van der Waals surface area contributed by atoms with Crippen molar-refractivity contribution in [3.63, 3.8) is 0 Å². The third-order valence-electron chi connectivity index (χ3n) is 6.56. The van der Waals surface area contributed by atoms with Gasteiger partial charge in [-0.15, -0.1) is 5.10 Å². The van der Waals surface area contributed by atoms with Crippen molar-refractivity contribution in [1.29, 1.82) is 0 Å². The van der Waals surface area contributed by atoms with Gasteiger partial charge in [-0.1, -0.05) is 65.9 Å². The molecule has 1 unspecified atom stereocenters. The lowest BCUT2D eigenvalue weighted by Crippen LogP contribution is -2.45. The summed E-state index contributed by atoms with van der Waals surface area (Å²) in [5.41, 5.74) is 3.39. The minimum absolute atomic E-state index is 0.129. The summed E-state index contributed by atoms with van der Waals surface area (Å²) in [4.78, 5) is 29.7. The number of nitrogens with zero attached hydrogens (tertiary/aromatic N) is 4. The van der Waals surface area contributed by atoms with Crippen LogP contribution in [0.5, 0.6) is 11.5 Å². The summed E-state index contributed by atoms with van der Waals surface area (Å²) in [6, 6.07) is 30.2. The molecule has 1 atom stereocenters. The number of hydrogen-bond donors (Lipinski definition) is 1. The molecule has 5 rings (SSSR count). The molecule has 9 nitrogen and oxygen atoms in total. The van der Waals surface area contributed by atoms with E-state index in [9.17, 15) is 9.59 Å². The van der Waals surface area contributed by atoms with E-state index in [4.69, 9.17) is 9.47 Å². The first-order valence-electron chi connectivity index (χ1n) is 12.8. The summed E-state index contributed by atoms with van der Waals surface area (Å²) in [6.07, 6.45) is 0. The molecular formula is C31H29N5O4. The van der Waals surface area contributed by atoms with Crippen molar-refractivity contribution >= 4 is 28.5 Å². The second-order valence-electron chi connectivity index (χ2n) is 9.05. The fraction of sp³-hybridized carbons (Fsp3) is 0.161. The van der Waals surface area contributed by atoms with Gasteiger partial charge in [-0.25, -0.2) is 4.68 Å². The summed E-state index contributed by atoms with van der Waals surface area (Å²) in [6.45, 7) is 0.162. The average Bonchev–Trinajstić information content (AvgIpc) is 3.41. The van der Waals surface area contributed by atoms with Crippen LogP contribution in [0.1, 0.15) is 17.2 Å². The normalized spacial score (nSPS) is 11.6. The molecule has 9 heteroatoms. The van der Waals surface area contributed by atoms with E-state index < -0.39 is 6.04 Å². The van der Waals surface area contributed by atoms with Crippen LogP contribution in [0, 0.1) is 0 Å². The highest BCUT2D eigenvalue weighted by Gasteiger charge is 2.35. The van der Waals surface area contributed by atoms with Gasteiger partial charge < -0.3 is 14.8 Å². The molecule has 0 radical (unpaired) electrons. The van der Waals surface area contributed by atoms with Crippen molar-refractivity contribution in [2.24, 2.45) is 0 Å². The van der Waals surface area contributed by atoms with Crippen molar-refractivity contribution in [2.75, 3.05) is 19.1 Å². The molecule has 0 saturated heterocycles. The van der Waals surface area contributed by atoms with E-state index >= 15 is 0 Å². The van der Waals surface area contributed by atoms with Crippen molar-refractivity contribution in [3.8, 4) is 11.5 Å². The first-order valence-corrected chi connectivity index (χ1v) is 12.8. The number of aromatic nitrogens is 3. The van der Waals surface area contributed by atoms with Gasteiger partial charge in [0.15, 0.2) is 0 Å². The quantitative estimate of drug-likeness (QED) is 0.282. The molecule has 0 fully saturated rings. The van der Waals surface area contributed by atoms with Gasteiger partial charge in [0.2, 0.25) is 11.8 Å². The van der Waals surface area contributed by atoms with Crippen LogP contribution >= 0.6 is 0 Å². The highest BCUT2D eigenvalue weighted by atomic mass is 16.5. The minimum atomic E-state index is -1.06. The smallest absolute Gasteiger partial charge is 0.249 e. The van der Waals surface area contributed by atoms with Crippen LogP contribution in [0.25, 0.3) is 11.0 Å². The molecule has 1 N–H and O–H groups in total. The zero-order chi connectivity index (χ0) is 27.9. The number of carbonyl (C=O) groups excluding carboxylic acids is 2.